The molecular formula is C14H20O2. The molecule has 1 atom stereocenters. The van der Waals surface area contributed by atoms with Crippen LogP contribution in [0.1, 0.15) is 31.9 Å². The van der Waals surface area contributed by atoms with Crippen LogP contribution >= 0.6 is 0 Å². The molecule has 0 N–H and O–H groups in total. The zero-order chi connectivity index (χ0) is 12.1. The summed E-state index contributed by atoms with van der Waals surface area (Å²) >= 11 is 0. The van der Waals surface area contributed by atoms with Gasteiger partial charge in [-0.3, -0.25) is 0 Å². The van der Waals surface area contributed by atoms with Crippen LogP contribution in [0, 0.1) is 6.92 Å². The minimum atomic E-state index is -0.209. The Balaban J connectivity index is 2.79. The van der Waals surface area contributed by atoms with Gasteiger partial charge in [0.05, 0.1) is 0 Å². The maximum atomic E-state index is 5.67. The van der Waals surface area contributed by atoms with E-state index in [1.165, 1.54) is 0 Å². The summed E-state index contributed by atoms with van der Waals surface area (Å²) < 4.78 is 11.0. The van der Waals surface area contributed by atoms with Gasteiger partial charge in [0.15, 0.2) is 6.29 Å². The number of benzene rings is 1. The summed E-state index contributed by atoms with van der Waals surface area (Å²) in [7, 11) is 0. The van der Waals surface area contributed by atoms with E-state index in [9.17, 15) is 0 Å². The van der Waals surface area contributed by atoms with E-state index in [0.29, 0.717) is 6.61 Å². The van der Waals surface area contributed by atoms with E-state index in [1.807, 2.05) is 39.8 Å². The smallest absolute Gasteiger partial charge is 0.196 e. The zero-order valence-corrected chi connectivity index (χ0v) is 10.5. The molecule has 2 nitrogen and oxygen atoms in total. The van der Waals surface area contributed by atoms with Crippen molar-refractivity contribution in [3.05, 3.63) is 35.9 Å². The van der Waals surface area contributed by atoms with Gasteiger partial charge >= 0.3 is 0 Å². The molecule has 0 saturated carbocycles. The van der Waals surface area contributed by atoms with E-state index in [1.54, 1.807) is 0 Å². The summed E-state index contributed by atoms with van der Waals surface area (Å²) in [5, 5.41) is 0. The first-order chi connectivity index (χ1) is 7.54. The number of hydrogen-bond acceptors (Lipinski definition) is 2. The third-order valence-corrected chi connectivity index (χ3v) is 2.36. The van der Waals surface area contributed by atoms with Crippen molar-refractivity contribution in [2.75, 3.05) is 6.61 Å². The Kier molecular flexibility index (Phi) is 4.56. The fourth-order valence-electron chi connectivity index (χ4n) is 1.49. The lowest BCUT2D eigenvalue weighted by Crippen LogP contribution is -2.16. The van der Waals surface area contributed by atoms with Crippen LogP contribution in [0.3, 0.4) is 0 Å². The van der Waals surface area contributed by atoms with Gasteiger partial charge in [-0.1, -0.05) is 18.2 Å². The van der Waals surface area contributed by atoms with Crippen molar-refractivity contribution in [2.45, 2.75) is 34.0 Å². The number of rotatable bonds is 5. The molecule has 88 valence electrons. The maximum absolute atomic E-state index is 5.67. The van der Waals surface area contributed by atoms with Crippen LogP contribution in [0.4, 0.5) is 0 Å². The van der Waals surface area contributed by atoms with Crippen LogP contribution < -0.4 is 4.74 Å². The Morgan fingerprint density at radius 1 is 1.44 bits per heavy atom. The van der Waals surface area contributed by atoms with E-state index >= 15 is 0 Å². The maximum Gasteiger partial charge on any atom is 0.196 e. The molecule has 0 bridgehead atoms. The highest BCUT2D eigenvalue weighted by Gasteiger charge is 2.06. The first kappa shape index (κ1) is 12.8. The number of allylic oxidation sites excluding steroid dienone is 1. The molecule has 0 heterocycles. The van der Waals surface area contributed by atoms with E-state index in [0.717, 1.165) is 22.4 Å². The van der Waals surface area contributed by atoms with Gasteiger partial charge in [-0.15, -0.1) is 0 Å². The standard InChI is InChI=1S/C14H20O2/c1-6-15-12(5)16-14-8-7-13(10(2)3)9-11(14)4/h7-9,12H,2,6H2,1,3-5H3. The van der Waals surface area contributed by atoms with Crippen LogP contribution in [-0.2, 0) is 4.74 Å². The molecule has 16 heavy (non-hydrogen) atoms. The van der Waals surface area contributed by atoms with Crippen molar-refractivity contribution >= 4 is 5.57 Å². The van der Waals surface area contributed by atoms with Crippen molar-refractivity contribution in [1.82, 2.24) is 0 Å². The highest BCUT2D eigenvalue weighted by Crippen LogP contribution is 2.23. The monoisotopic (exact) mass is 220 g/mol. The third-order valence-electron chi connectivity index (χ3n) is 2.36. The lowest BCUT2D eigenvalue weighted by molar-refractivity contribution is -0.0616. The average molecular weight is 220 g/mol. The second kappa shape index (κ2) is 5.71. The lowest BCUT2D eigenvalue weighted by atomic mass is 10.1. The molecule has 0 aliphatic carbocycles. The average Bonchev–Trinajstić information content (AvgIpc) is 2.21. The van der Waals surface area contributed by atoms with E-state index in [2.05, 4.69) is 12.6 Å². The Labute approximate surface area is 97.9 Å². The van der Waals surface area contributed by atoms with Crippen molar-refractivity contribution in [1.29, 1.82) is 0 Å². The van der Waals surface area contributed by atoms with Crippen LogP contribution in [0.25, 0.3) is 5.57 Å². The molecule has 2 heteroatoms. The topological polar surface area (TPSA) is 18.5 Å². The SMILES string of the molecule is C=C(C)c1ccc(OC(C)OCC)c(C)c1. The fraction of sp³-hybridized carbons (Fsp3) is 0.429. The van der Waals surface area contributed by atoms with Gasteiger partial charge in [-0.25, -0.2) is 0 Å². The third kappa shape index (κ3) is 3.38. The van der Waals surface area contributed by atoms with Gasteiger partial charge in [-0.05, 0) is 51.0 Å². The summed E-state index contributed by atoms with van der Waals surface area (Å²) in [6.45, 7) is 12.5. The quantitative estimate of drug-likeness (QED) is 0.703. The molecule has 0 aliphatic rings. The van der Waals surface area contributed by atoms with Crippen LogP contribution in [0.15, 0.2) is 24.8 Å². The summed E-state index contributed by atoms with van der Waals surface area (Å²) in [5.74, 6) is 0.867. The summed E-state index contributed by atoms with van der Waals surface area (Å²) in [4.78, 5) is 0. The van der Waals surface area contributed by atoms with Crippen molar-refractivity contribution in [3.63, 3.8) is 0 Å². The highest BCUT2D eigenvalue weighted by atomic mass is 16.7. The molecule has 0 saturated heterocycles. The predicted octanol–water partition coefficient (Wildman–Crippen LogP) is 3.79. The summed E-state index contributed by atoms with van der Waals surface area (Å²) in [6, 6.07) is 6.06. The number of hydrogen-bond donors (Lipinski definition) is 0. The molecule has 1 rings (SSSR count). The molecule has 0 aromatic heterocycles. The molecule has 0 amide bonds. The lowest BCUT2D eigenvalue weighted by Gasteiger charge is -2.16. The minimum Gasteiger partial charge on any atom is -0.465 e. The molecule has 0 spiro atoms. The second-order valence-electron chi connectivity index (χ2n) is 3.90. The van der Waals surface area contributed by atoms with Crippen LogP contribution in [0.5, 0.6) is 5.75 Å². The van der Waals surface area contributed by atoms with Crippen LogP contribution in [0.2, 0.25) is 0 Å². The minimum absolute atomic E-state index is 0.209. The number of ether oxygens (including phenoxy) is 2. The second-order valence-corrected chi connectivity index (χ2v) is 3.90. The summed E-state index contributed by atoms with van der Waals surface area (Å²) in [6.07, 6.45) is -0.209. The largest absolute Gasteiger partial charge is 0.465 e. The van der Waals surface area contributed by atoms with Gasteiger partial charge in [0, 0.05) is 6.61 Å². The van der Waals surface area contributed by atoms with E-state index in [4.69, 9.17) is 9.47 Å². The first-order valence-electron chi connectivity index (χ1n) is 5.59. The number of aryl methyl sites for hydroxylation is 1. The Hall–Kier alpha value is -1.28. The van der Waals surface area contributed by atoms with E-state index in [-0.39, 0.29) is 6.29 Å². The van der Waals surface area contributed by atoms with Gasteiger partial charge < -0.3 is 9.47 Å². The van der Waals surface area contributed by atoms with E-state index < -0.39 is 0 Å². The van der Waals surface area contributed by atoms with Crippen molar-refractivity contribution in [3.8, 4) is 5.75 Å². The first-order valence-corrected chi connectivity index (χ1v) is 5.59. The van der Waals surface area contributed by atoms with Gasteiger partial charge in [0.25, 0.3) is 0 Å². The highest BCUT2D eigenvalue weighted by molar-refractivity contribution is 5.63. The van der Waals surface area contributed by atoms with Crippen molar-refractivity contribution < 1.29 is 9.47 Å². The fourth-order valence-corrected chi connectivity index (χ4v) is 1.49. The van der Waals surface area contributed by atoms with Gasteiger partial charge in [0.2, 0.25) is 0 Å². The molecular weight excluding hydrogens is 200 g/mol. The molecule has 1 aromatic carbocycles. The van der Waals surface area contributed by atoms with Crippen molar-refractivity contribution in [2.24, 2.45) is 0 Å². The Morgan fingerprint density at radius 2 is 2.12 bits per heavy atom. The normalized spacial score (nSPS) is 12.2. The molecule has 0 radical (unpaired) electrons. The predicted molar refractivity (Wildman–Crippen MR) is 67.6 cm³/mol. The van der Waals surface area contributed by atoms with Gasteiger partial charge in [-0.2, -0.15) is 0 Å². The molecule has 0 fully saturated rings. The Bertz CT molecular complexity index is 369. The van der Waals surface area contributed by atoms with Gasteiger partial charge in [0.1, 0.15) is 5.75 Å². The molecule has 0 aliphatic heterocycles. The summed E-state index contributed by atoms with van der Waals surface area (Å²) in [5.41, 5.74) is 3.31. The molecule has 1 unspecified atom stereocenters. The Morgan fingerprint density at radius 3 is 2.62 bits per heavy atom. The van der Waals surface area contributed by atoms with Crippen LogP contribution in [-0.4, -0.2) is 12.9 Å². The zero-order valence-electron chi connectivity index (χ0n) is 10.5. The molecule has 1 aromatic rings.